The van der Waals surface area contributed by atoms with E-state index < -0.39 is 11.7 Å². The van der Waals surface area contributed by atoms with Gasteiger partial charge in [0.2, 0.25) is 11.8 Å². The zero-order chi connectivity index (χ0) is 18.8. The Bertz CT molecular complexity index is 986. The highest BCUT2D eigenvalue weighted by atomic mass is 19.1. The molecule has 3 aromatic rings. The number of fused-ring (bicyclic) bond motifs is 1. The van der Waals surface area contributed by atoms with E-state index in [4.69, 9.17) is 0 Å². The van der Waals surface area contributed by atoms with Crippen LogP contribution in [0.2, 0.25) is 0 Å². The number of nitrogens with one attached hydrogen (secondary N) is 2. The molecule has 1 aromatic carbocycles. The topological polar surface area (TPSA) is 88.9 Å². The number of amides is 2. The van der Waals surface area contributed by atoms with E-state index in [-0.39, 0.29) is 24.8 Å². The summed E-state index contributed by atoms with van der Waals surface area (Å²) in [6.45, 7) is 0.278. The Morgan fingerprint density at radius 1 is 1.33 bits per heavy atom. The molecule has 0 aliphatic carbocycles. The maximum atomic E-state index is 13.4. The van der Waals surface area contributed by atoms with Crippen molar-refractivity contribution in [2.45, 2.75) is 18.9 Å². The third-order valence-corrected chi connectivity index (χ3v) is 4.39. The van der Waals surface area contributed by atoms with Gasteiger partial charge in [-0.3, -0.25) is 9.59 Å². The van der Waals surface area contributed by atoms with Crippen molar-refractivity contribution in [3.8, 4) is 5.82 Å². The number of halogens is 1. The maximum Gasteiger partial charge on any atom is 0.228 e. The van der Waals surface area contributed by atoms with Crippen LogP contribution in [0, 0.1) is 5.82 Å². The molecule has 1 aliphatic rings. The van der Waals surface area contributed by atoms with Crippen molar-refractivity contribution >= 4 is 17.5 Å². The third kappa shape index (κ3) is 3.55. The first kappa shape index (κ1) is 16.9. The largest absolute Gasteiger partial charge is 0.351 e. The molecular formula is C19H16FN5O2. The molecule has 8 heteroatoms. The van der Waals surface area contributed by atoms with Crippen molar-refractivity contribution in [2.24, 2.45) is 0 Å². The van der Waals surface area contributed by atoms with Crippen molar-refractivity contribution in [1.29, 1.82) is 0 Å². The molecule has 4 rings (SSSR count). The number of carbonyl (C=O) groups excluding carboxylic acids is 2. The monoisotopic (exact) mass is 365 g/mol. The van der Waals surface area contributed by atoms with Crippen LogP contribution in [0.5, 0.6) is 0 Å². The Kier molecular flexibility index (Phi) is 4.37. The number of nitrogens with zero attached hydrogens (tertiary/aromatic N) is 3. The zero-order valence-corrected chi connectivity index (χ0v) is 14.2. The van der Waals surface area contributed by atoms with Crippen molar-refractivity contribution in [2.75, 3.05) is 5.32 Å². The lowest BCUT2D eigenvalue weighted by Crippen LogP contribution is -2.34. The first-order chi connectivity index (χ1) is 13.1. The molecule has 0 bridgehead atoms. The van der Waals surface area contributed by atoms with E-state index in [0.717, 1.165) is 5.56 Å². The van der Waals surface area contributed by atoms with Gasteiger partial charge in [0.15, 0.2) is 5.82 Å². The second kappa shape index (κ2) is 6.99. The lowest BCUT2D eigenvalue weighted by atomic mass is 9.89. The van der Waals surface area contributed by atoms with Gasteiger partial charge in [-0.05, 0) is 35.4 Å². The molecule has 2 amide bonds. The molecule has 2 N–H and O–H groups in total. The maximum absolute atomic E-state index is 13.4. The second-order valence-corrected chi connectivity index (χ2v) is 6.23. The van der Waals surface area contributed by atoms with Crippen LogP contribution < -0.4 is 10.6 Å². The summed E-state index contributed by atoms with van der Waals surface area (Å²) in [5, 5.41) is 9.53. The molecule has 1 atom stereocenters. The van der Waals surface area contributed by atoms with Crippen LogP contribution in [0.4, 0.5) is 10.1 Å². The van der Waals surface area contributed by atoms with Crippen LogP contribution in [0.25, 0.3) is 5.82 Å². The lowest BCUT2D eigenvalue weighted by Gasteiger charge is -2.24. The van der Waals surface area contributed by atoms with Gasteiger partial charge in [-0.1, -0.05) is 12.1 Å². The Balaban J connectivity index is 1.45. The van der Waals surface area contributed by atoms with E-state index in [9.17, 15) is 14.0 Å². The van der Waals surface area contributed by atoms with Crippen molar-refractivity contribution < 1.29 is 14.0 Å². The van der Waals surface area contributed by atoms with Gasteiger partial charge in [0.1, 0.15) is 5.82 Å². The summed E-state index contributed by atoms with van der Waals surface area (Å²) in [5.41, 5.74) is 1.77. The number of carbonyl (C=O) groups is 2. The fourth-order valence-corrected chi connectivity index (χ4v) is 3.04. The standard InChI is InChI=1S/C19H16FN5O2/c20-13-3-4-14-15(9-18(26)24-16(14)8-13)19(27)22-11-12-2-5-17(21-10-12)25-7-1-6-23-25/h1-8,10,15H,9,11H2,(H,22,27)(H,24,26)/t15-/m0/s1. The van der Waals surface area contributed by atoms with Gasteiger partial charge in [-0.25, -0.2) is 14.1 Å². The molecule has 27 heavy (non-hydrogen) atoms. The van der Waals surface area contributed by atoms with Crippen molar-refractivity contribution in [3.63, 3.8) is 0 Å². The number of anilines is 1. The molecule has 7 nitrogen and oxygen atoms in total. The van der Waals surface area contributed by atoms with E-state index >= 15 is 0 Å². The van der Waals surface area contributed by atoms with Gasteiger partial charge in [0.25, 0.3) is 0 Å². The molecule has 0 fully saturated rings. The minimum Gasteiger partial charge on any atom is -0.351 e. The van der Waals surface area contributed by atoms with Gasteiger partial charge in [0, 0.05) is 37.2 Å². The van der Waals surface area contributed by atoms with Gasteiger partial charge in [-0.15, -0.1) is 0 Å². The van der Waals surface area contributed by atoms with Crippen molar-refractivity contribution in [3.05, 3.63) is 71.9 Å². The van der Waals surface area contributed by atoms with E-state index in [1.165, 1.54) is 18.2 Å². The van der Waals surface area contributed by atoms with E-state index in [2.05, 4.69) is 20.7 Å². The molecular weight excluding hydrogens is 349 g/mol. The summed E-state index contributed by atoms with van der Waals surface area (Å²) >= 11 is 0. The van der Waals surface area contributed by atoms with E-state index in [1.54, 1.807) is 35.4 Å². The summed E-state index contributed by atoms with van der Waals surface area (Å²) in [4.78, 5) is 28.8. The first-order valence-corrected chi connectivity index (χ1v) is 8.42. The normalized spacial score (nSPS) is 15.7. The number of hydrogen-bond acceptors (Lipinski definition) is 4. The molecule has 3 heterocycles. The summed E-state index contributed by atoms with van der Waals surface area (Å²) in [6, 6.07) is 9.51. The Morgan fingerprint density at radius 3 is 2.96 bits per heavy atom. The highest BCUT2D eigenvalue weighted by molar-refractivity contribution is 6.01. The molecule has 0 radical (unpaired) electrons. The number of aromatic nitrogens is 3. The molecule has 1 aliphatic heterocycles. The van der Waals surface area contributed by atoms with Gasteiger partial charge in [-0.2, -0.15) is 5.10 Å². The summed E-state index contributed by atoms with van der Waals surface area (Å²) in [7, 11) is 0. The minimum atomic E-state index is -0.648. The fourth-order valence-electron chi connectivity index (χ4n) is 3.04. The smallest absolute Gasteiger partial charge is 0.228 e. The zero-order valence-electron chi connectivity index (χ0n) is 14.2. The van der Waals surface area contributed by atoms with Crippen molar-refractivity contribution in [1.82, 2.24) is 20.1 Å². The van der Waals surface area contributed by atoms with Crippen LogP contribution in [0.3, 0.4) is 0 Å². The third-order valence-electron chi connectivity index (χ3n) is 4.39. The predicted molar refractivity (Wildman–Crippen MR) is 95.6 cm³/mol. The van der Waals surface area contributed by atoms with Gasteiger partial charge < -0.3 is 10.6 Å². The molecule has 0 unspecified atom stereocenters. The van der Waals surface area contributed by atoms with Crippen LogP contribution in [-0.4, -0.2) is 26.6 Å². The van der Waals surface area contributed by atoms with Gasteiger partial charge >= 0.3 is 0 Å². The summed E-state index contributed by atoms with van der Waals surface area (Å²) < 4.78 is 15.0. The van der Waals surface area contributed by atoms with Crippen LogP contribution in [0.1, 0.15) is 23.5 Å². The molecule has 0 saturated carbocycles. The van der Waals surface area contributed by atoms with Crippen LogP contribution in [0.15, 0.2) is 55.0 Å². The molecule has 0 saturated heterocycles. The highest BCUT2D eigenvalue weighted by Gasteiger charge is 2.30. The predicted octanol–water partition coefficient (Wildman–Crippen LogP) is 2.15. The average Bonchev–Trinajstić information content (AvgIpc) is 3.20. The molecule has 2 aromatic heterocycles. The Labute approximate surface area is 154 Å². The summed E-state index contributed by atoms with van der Waals surface area (Å²) in [6.07, 6.45) is 5.15. The Hall–Kier alpha value is -3.55. The SMILES string of the molecule is O=C1C[C@H](C(=O)NCc2ccc(-n3cccn3)nc2)c2ccc(F)cc2N1. The molecule has 0 spiro atoms. The number of pyridine rings is 1. The van der Waals surface area contributed by atoms with E-state index in [0.29, 0.717) is 17.1 Å². The average molecular weight is 365 g/mol. The molecule has 136 valence electrons. The summed E-state index contributed by atoms with van der Waals surface area (Å²) in [5.74, 6) is -1.02. The number of rotatable bonds is 4. The van der Waals surface area contributed by atoms with Crippen LogP contribution >= 0.6 is 0 Å². The fraction of sp³-hybridized carbons (Fsp3) is 0.158. The number of hydrogen-bond donors (Lipinski definition) is 2. The van der Waals surface area contributed by atoms with Gasteiger partial charge in [0.05, 0.1) is 5.92 Å². The quantitative estimate of drug-likeness (QED) is 0.741. The minimum absolute atomic E-state index is 0.0287. The van der Waals surface area contributed by atoms with Crippen LogP contribution in [-0.2, 0) is 16.1 Å². The number of benzene rings is 1. The van der Waals surface area contributed by atoms with E-state index in [1.807, 2.05) is 6.07 Å². The first-order valence-electron chi connectivity index (χ1n) is 8.42. The highest BCUT2D eigenvalue weighted by Crippen LogP contribution is 2.32. The second-order valence-electron chi connectivity index (χ2n) is 6.23. The lowest BCUT2D eigenvalue weighted by molar-refractivity contribution is -0.126. The Morgan fingerprint density at radius 2 is 2.22 bits per heavy atom.